The molecule has 0 radical (unpaired) electrons. The van der Waals surface area contributed by atoms with Gasteiger partial charge in [-0.3, -0.25) is 14.4 Å². The van der Waals surface area contributed by atoms with E-state index in [1.165, 1.54) is 122 Å². The molecule has 1 unspecified atom stereocenters. The largest absolute Gasteiger partial charge is 0.462 e. The first-order valence-electron chi connectivity index (χ1n) is 29.9. The Bertz CT molecular complexity index is 1470. The molecule has 0 rings (SSSR count). The Morgan fingerprint density at radius 3 is 0.889 bits per heavy atom. The number of rotatable bonds is 53. The van der Waals surface area contributed by atoms with E-state index in [1.807, 2.05) is 0 Å². The summed E-state index contributed by atoms with van der Waals surface area (Å²) >= 11 is 0. The van der Waals surface area contributed by atoms with Crippen LogP contribution in [0.4, 0.5) is 0 Å². The van der Waals surface area contributed by atoms with E-state index in [2.05, 4.69) is 130 Å². The number of carbonyl (C=O) groups excluding carboxylic acids is 3. The Morgan fingerprint density at radius 1 is 0.292 bits per heavy atom. The molecular formula is C66H110O6. The summed E-state index contributed by atoms with van der Waals surface area (Å²) in [6.07, 6.45) is 80.9. The molecule has 0 N–H and O–H groups in total. The SMILES string of the molecule is CC/C=C\C/C=C\C/C=C\C/C=C\C/C=C\C/C=C\C/C=C\C/C=C\CCCCC(=O)OCC(COC(=O)CCCCCCCCCCCC)OC(=O)CCCCCCCCC/C=C\CCCCCCCC. The van der Waals surface area contributed by atoms with E-state index in [4.69, 9.17) is 14.2 Å². The summed E-state index contributed by atoms with van der Waals surface area (Å²) in [6.45, 7) is 6.47. The Kier molecular flexibility index (Phi) is 56.4. The van der Waals surface area contributed by atoms with Crippen molar-refractivity contribution in [3.63, 3.8) is 0 Å². The molecule has 0 amide bonds. The van der Waals surface area contributed by atoms with E-state index < -0.39 is 6.10 Å². The lowest BCUT2D eigenvalue weighted by Gasteiger charge is -2.18. The van der Waals surface area contributed by atoms with Crippen LogP contribution in [-0.2, 0) is 28.6 Å². The molecule has 0 fully saturated rings. The molecule has 0 aromatic rings. The molecule has 410 valence electrons. The van der Waals surface area contributed by atoms with Gasteiger partial charge in [-0.15, -0.1) is 0 Å². The van der Waals surface area contributed by atoms with Crippen molar-refractivity contribution in [1.82, 2.24) is 0 Å². The fourth-order valence-electron chi connectivity index (χ4n) is 8.04. The van der Waals surface area contributed by atoms with Crippen LogP contribution in [0.3, 0.4) is 0 Å². The van der Waals surface area contributed by atoms with Gasteiger partial charge in [-0.25, -0.2) is 0 Å². The van der Waals surface area contributed by atoms with Crippen LogP contribution < -0.4 is 0 Å². The first kappa shape index (κ1) is 68.1. The van der Waals surface area contributed by atoms with Crippen molar-refractivity contribution >= 4 is 17.9 Å². The average Bonchev–Trinajstić information content (AvgIpc) is 3.38. The van der Waals surface area contributed by atoms with Crippen LogP contribution in [0.2, 0.25) is 0 Å². The highest BCUT2D eigenvalue weighted by molar-refractivity contribution is 5.71. The Morgan fingerprint density at radius 2 is 0.542 bits per heavy atom. The van der Waals surface area contributed by atoms with Gasteiger partial charge in [-0.2, -0.15) is 0 Å². The molecule has 6 nitrogen and oxygen atoms in total. The van der Waals surface area contributed by atoms with Gasteiger partial charge in [0.25, 0.3) is 0 Å². The topological polar surface area (TPSA) is 78.9 Å². The van der Waals surface area contributed by atoms with Gasteiger partial charge < -0.3 is 14.2 Å². The maximum Gasteiger partial charge on any atom is 0.306 e. The molecule has 72 heavy (non-hydrogen) atoms. The molecule has 1 atom stereocenters. The van der Waals surface area contributed by atoms with Crippen molar-refractivity contribution in [3.05, 3.63) is 109 Å². The monoisotopic (exact) mass is 999 g/mol. The van der Waals surface area contributed by atoms with Gasteiger partial charge >= 0.3 is 17.9 Å². The van der Waals surface area contributed by atoms with Crippen molar-refractivity contribution in [2.75, 3.05) is 13.2 Å². The summed E-state index contributed by atoms with van der Waals surface area (Å²) in [5, 5.41) is 0. The number of allylic oxidation sites excluding steroid dienone is 18. The summed E-state index contributed by atoms with van der Waals surface area (Å²) < 4.78 is 16.8. The Labute approximate surface area is 444 Å². The molecule has 0 aliphatic rings. The van der Waals surface area contributed by atoms with Crippen LogP contribution in [0.25, 0.3) is 0 Å². The van der Waals surface area contributed by atoms with Gasteiger partial charge in [0.15, 0.2) is 6.10 Å². The maximum absolute atomic E-state index is 12.8. The molecule has 0 bridgehead atoms. The molecular weight excluding hydrogens is 889 g/mol. The van der Waals surface area contributed by atoms with E-state index in [0.717, 1.165) is 109 Å². The lowest BCUT2D eigenvalue weighted by Crippen LogP contribution is -2.30. The standard InChI is InChI=1S/C66H110O6/c1-4-7-10-13-16-19-22-24-26-28-29-30-31-32-33-34-35-36-37-39-40-42-44-47-50-53-56-59-65(68)71-62-63(61-70-64(67)58-55-52-49-46-21-18-15-12-9-6-3)72-66(69)60-57-54-51-48-45-43-41-38-27-25-23-20-17-14-11-8-5-2/h7,10,16,19,24-27,29-30,32-33,35-36,39-40,44,47,63H,4-6,8-9,11-15,17-18,20-23,28,31,34,37-38,41-43,45-46,48-62H2,1-3H3/b10-7-,19-16-,26-24-,27-25-,30-29-,33-32-,36-35-,40-39-,47-44-. The highest BCUT2D eigenvalue weighted by atomic mass is 16.6. The summed E-state index contributed by atoms with van der Waals surface area (Å²) in [7, 11) is 0. The molecule has 0 heterocycles. The number of hydrogen-bond donors (Lipinski definition) is 0. The highest BCUT2D eigenvalue weighted by Gasteiger charge is 2.19. The number of unbranched alkanes of at least 4 members (excludes halogenated alkanes) is 24. The van der Waals surface area contributed by atoms with Crippen molar-refractivity contribution in [2.24, 2.45) is 0 Å². The van der Waals surface area contributed by atoms with Crippen LogP contribution in [0.15, 0.2) is 109 Å². The zero-order valence-corrected chi connectivity index (χ0v) is 46.9. The van der Waals surface area contributed by atoms with Gasteiger partial charge in [0.2, 0.25) is 0 Å². The molecule has 0 aliphatic carbocycles. The third kappa shape index (κ3) is 57.0. The summed E-state index contributed by atoms with van der Waals surface area (Å²) in [6, 6.07) is 0. The van der Waals surface area contributed by atoms with Gasteiger partial charge in [0.05, 0.1) is 0 Å². The van der Waals surface area contributed by atoms with Crippen LogP contribution in [0.5, 0.6) is 0 Å². The van der Waals surface area contributed by atoms with Crippen LogP contribution in [0.1, 0.15) is 271 Å². The number of hydrogen-bond acceptors (Lipinski definition) is 6. The van der Waals surface area contributed by atoms with Gasteiger partial charge in [0.1, 0.15) is 13.2 Å². The predicted octanol–water partition coefficient (Wildman–Crippen LogP) is 20.3. The minimum atomic E-state index is -0.798. The van der Waals surface area contributed by atoms with Crippen molar-refractivity contribution in [1.29, 1.82) is 0 Å². The van der Waals surface area contributed by atoms with Crippen LogP contribution >= 0.6 is 0 Å². The predicted molar refractivity (Wildman–Crippen MR) is 311 cm³/mol. The highest BCUT2D eigenvalue weighted by Crippen LogP contribution is 2.15. The van der Waals surface area contributed by atoms with E-state index in [0.29, 0.717) is 19.3 Å². The van der Waals surface area contributed by atoms with Gasteiger partial charge in [-0.1, -0.05) is 252 Å². The maximum atomic E-state index is 12.8. The first-order chi connectivity index (χ1) is 35.5. The summed E-state index contributed by atoms with van der Waals surface area (Å²) in [4.78, 5) is 38.1. The van der Waals surface area contributed by atoms with Gasteiger partial charge in [0, 0.05) is 19.3 Å². The lowest BCUT2D eigenvalue weighted by atomic mass is 10.1. The van der Waals surface area contributed by atoms with Gasteiger partial charge in [-0.05, 0) is 109 Å². The quantitative estimate of drug-likeness (QED) is 0.0261. The molecule has 0 spiro atoms. The second-order valence-electron chi connectivity index (χ2n) is 19.5. The van der Waals surface area contributed by atoms with E-state index in [-0.39, 0.29) is 31.1 Å². The molecule has 0 aromatic carbocycles. The molecule has 0 saturated heterocycles. The second kappa shape index (κ2) is 59.6. The summed E-state index contributed by atoms with van der Waals surface area (Å²) in [5.41, 5.74) is 0. The molecule has 0 aromatic heterocycles. The summed E-state index contributed by atoms with van der Waals surface area (Å²) in [5.74, 6) is -0.942. The lowest BCUT2D eigenvalue weighted by molar-refractivity contribution is -0.167. The molecule has 0 saturated carbocycles. The fourth-order valence-corrected chi connectivity index (χ4v) is 8.04. The minimum absolute atomic E-state index is 0.0928. The van der Waals surface area contributed by atoms with E-state index in [1.54, 1.807) is 0 Å². The normalized spacial score (nSPS) is 12.9. The van der Waals surface area contributed by atoms with Crippen molar-refractivity contribution in [2.45, 2.75) is 277 Å². The Balaban J connectivity index is 4.38. The Hall–Kier alpha value is -3.93. The minimum Gasteiger partial charge on any atom is -0.462 e. The zero-order valence-electron chi connectivity index (χ0n) is 46.9. The van der Waals surface area contributed by atoms with Crippen LogP contribution in [0, 0.1) is 0 Å². The third-order valence-corrected chi connectivity index (χ3v) is 12.5. The zero-order chi connectivity index (χ0) is 52.2. The first-order valence-corrected chi connectivity index (χ1v) is 29.9. The molecule has 0 aliphatic heterocycles. The smallest absolute Gasteiger partial charge is 0.306 e. The van der Waals surface area contributed by atoms with E-state index >= 15 is 0 Å². The van der Waals surface area contributed by atoms with Crippen LogP contribution in [-0.4, -0.2) is 37.2 Å². The van der Waals surface area contributed by atoms with Crippen molar-refractivity contribution < 1.29 is 28.6 Å². The molecule has 6 heteroatoms. The second-order valence-corrected chi connectivity index (χ2v) is 19.5. The fraction of sp³-hybridized carbons (Fsp3) is 0.682. The third-order valence-electron chi connectivity index (χ3n) is 12.5. The number of carbonyl (C=O) groups is 3. The number of esters is 3. The average molecular weight is 1000 g/mol. The number of ether oxygens (including phenoxy) is 3. The van der Waals surface area contributed by atoms with E-state index in [9.17, 15) is 14.4 Å². The van der Waals surface area contributed by atoms with Crippen molar-refractivity contribution in [3.8, 4) is 0 Å².